The third-order valence-electron chi connectivity index (χ3n) is 4.11. The predicted octanol–water partition coefficient (Wildman–Crippen LogP) is 3.96. The number of benzene rings is 1. The fourth-order valence-corrected chi connectivity index (χ4v) is 3.90. The van der Waals surface area contributed by atoms with Gasteiger partial charge in [-0.1, -0.05) is 12.1 Å². The molecule has 1 aromatic carbocycles. The molecule has 0 bridgehead atoms. The van der Waals surface area contributed by atoms with E-state index in [-0.39, 0.29) is 5.91 Å². The maximum absolute atomic E-state index is 12.8. The molecule has 0 saturated carbocycles. The number of hydrogen-bond acceptors (Lipinski definition) is 3. The monoisotopic (exact) mass is 303 g/mol. The number of fused-ring (bicyclic) bond motifs is 1. The molecule has 1 aliphatic rings. The number of nitrogens with zero attached hydrogens (tertiary/aromatic N) is 1. The summed E-state index contributed by atoms with van der Waals surface area (Å²) in [6.45, 7) is 3.65. The maximum Gasteiger partial charge on any atom is 0.257 e. The second-order valence-electron chi connectivity index (χ2n) is 5.80. The number of carbonyl (C=O) groups is 1. The first-order chi connectivity index (χ1) is 10.2. The molecule has 4 heteroatoms. The van der Waals surface area contributed by atoms with Gasteiger partial charge in [0.05, 0.1) is 5.56 Å². The summed E-state index contributed by atoms with van der Waals surface area (Å²) in [5.74, 6) is 2.72. The molecule has 1 amide bonds. The third-order valence-corrected chi connectivity index (χ3v) is 4.91. The normalized spacial score (nSPS) is 19.1. The highest BCUT2D eigenvalue weighted by atomic mass is 32.2. The van der Waals surface area contributed by atoms with E-state index < -0.39 is 0 Å². The van der Waals surface area contributed by atoms with Crippen LogP contribution >= 0.6 is 11.8 Å². The van der Waals surface area contributed by atoms with E-state index in [1.165, 1.54) is 6.42 Å². The zero-order valence-electron chi connectivity index (χ0n) is 12.6. The SMILES string of the molecule is CSC[C@@H]1CCCN(C(=O)c2cccc3cc(C)oc23)C1. The standard InChI is InChI=1S/C17H21NO2S/c1-12-9-14-6-3-7-15(16(14)20-12)17(19)18-8-4-5-13(10-18)11-21-2/h3,6-7,9,13H,4-5,8,10-11H2,1-2H3/t13-/m1/s1. The van der Waals surface area contributed by atoms with Crippen LogP contribution in [0.15, 0.2) is 28.7 Å². The van der Waals surface area contributed by atoms with Gasteiger partial charge in [-0.3, -0.25) is 4.79 Å². The molecular formula is C17H21NO2S. The summed E-state index contributed by atoms with van der Waals surface area (Å²) in [7, 11) is 0. The Morgan fingerprint density at radius 2 is 2.33 bits per heavy atom. The van der Waals surface area contributed by atoms with E-state index in [1.807, 2.05) is 47.9 Å². The summed E-state index contributed by atoms with van der Waals surface area (Å²) >= 11 is 1.87. The minimum atomic E-state index is 0.112. The molecule has 0 unspecified atom stereocenters. The second-order valence-corrected chi connectivity index (χ2v) is 6.71. The van der Waals surface area contributed by atoms with Gasteiger partial charge in [0.1, 0.15) is 11.3 Å². The smallest absolute Gasteiger partial charge is 0.257 e. The van der Waals surface area contributed by atoms with Crippen LogP contribution in [0.5, 0.6) is 0 Å². The van der Waals surface area contributed by atoms with Gasteiger partial charge in [-0.15, -0.1) is 0 Å². The van der Waals surface area contributed by atoms with Crippen molar-refractivity contribution in [3.8, 4) is 0 Å². The van der Waals surface area contributed by atoms with Crippen molar-refractivity contribution in [3.63, 3.8) is 0 Å². The van der Waals surface area contributed by atoms with Gasteiger partial charge in [-0.2, -0.15) is 11.8 Å². The topological polar surface area (TPSA) is 33.5 Å². The van der Waals surface area contributed by atoms with Gasteiger partial charge in [-0.25, -0.2) is 0 Å². The van der Waals surface area contributed by atoms with Crippen LogP contribution in [0.2, 0.25) is 0 Å². The molecule has 0 radical (unpaired) electrons. The van der Waals surface area contributed by atoms with E-state index in [9.17, 15) is 4.79 Å². The van der Waals surface area contributed by atoms with E-state index in [1.54, 1.807) is 0 Å². The van der Waals surface area contributed by atoms with Gasteiger partial charge < -0.3 is 9.32 Å². The summed E-state index contributed by atoms with van der Waals surface area (Å²) in [6, 6.07) is 7.80. The second kappa shape index (κ2) is 6.14. The summed E-state index contributed by atoms with van der Waals surface area (Å²) in [5.41, 5.74) is 1.43. The zero-order valence-corrected chi connectivity index (χ0v) is 13.4. The minimum Gasteiger partial charge on any atom is -0.461 e. The number of furan rings is 1. The number of carbonyl (C=O) groups excluding carboxylic acids is 1. The molecule has 3 rings (SSSR count). The summed E-state index contributed by atoms with van der Waals surface area (Å²) in [4.78, 5) is 14.8. The van der Waals surface area contributed by atoms with Crippen LogP contribution in [0.3, 0.4) is 0 Å². The number of para-hydroxylation sites is 1. The lowest BCUT2D eigenvalue weighted by molar-refractivity contribution is 0.0686. The van der Waals surface area contributed by atoms with E-state index in [0.717, 1.165) is 42.0 Å². The molecule has 2 heterocycles. The van der Waals surface area contributed by atoms with Crippen LogP contribution in [-0.4, -0.2) is 35.9 Å². The van der Waals surface area contributed by atoms with Crippen molar-refractivity contribution in [1.29, 1.82) is 0 Å². The quantitative estimate of drug-likeness (QED) is 0.860. The molecule has 0 aliphatic carbocycles. The first-order valence-electron chi connectivity index (χ1n) is 7.46. The van der Waals surface area contributed by atoms with Crippen molar-refractivity contribution in [3.05, 3.63) is 35.6 Å². The molecule has 21 heavy (non-hydrogen) atoms. The van der Waals surface area contributed by atoms with Gasteiger partial charge in [0.15, 0.2) is 0 Å². The van der Waals surface area contributed by atoms with Crippen LogP contribution in [-0.2, 0) is 0 Å². The largest absolute Gasteiger partial charge is 0.461 e. The third kappa shape index (κ3) is 2.95. The van der Waals surface area contributed by atoms with Crippen molar-refractivity contribution in [2.24, 2.45) is 5.92 Å². The zero-order chi connectivity index (χ0) is 14.8. The molecule has 1 saturated heterocycles. The number of hydrogen-bond donors (Lipinski definition) is 0. The van der Waals surface area contributed by atoms with Crippen LogP contribution in [0.1, 0.15) is 29.0 Å². The van der Waals surface area contributed by atoms with Crippen molar-refractivity contribution in [1.82, 2.24) is 4.90 Å². The van der Waals surface area contributed by atoms with Crippen LogP contribution in [0, 0.1) is 12.8 Å². The highest BCUT2D eigenvalue weighted by Gasteiger charge is 2.26. The number of amides is 1. The first kappa shape index (κ1) is 14.5. The lowest BCUT2D eigenvalue weighted by Crippen LogP contribution is -2.40. The van der Waals surface area contributed by atoms with Crippen LogP contribution in [0.4, 0.5) is 0 Å². The average Bonchev–Trinajstić information content (AvgIpc) is 2.87. The van der Waals surface area contributed by atoms with Gasteiger partial charge in [0.2, 0.25) is 0 Å². The fraction of sp³-hybridized carbons (Fsp3) is 0.471. The van der Waals surface area contributed by atoms with Crippen molar-refractivity contribution in [2.75, 3.05) is 25.1 Å². The van der Waals surface area contributed by atoms with Gasteiger partial charge in [0.25, 0.3) is 5.91 Å². The molecule has 112 valence electrons. The summed E-state index contributed by atoms with van der Waals surface area (Å²) in [5, 5.41) is 1.01. The molecule has 0 spiro atoms. The lowest BCUT2D eigenvalue weighted by Gasteiger charge is -2.32. The van der Waals surface area contributed by atoms with E-state index >= 15 is 0 Å². The molecular weight excluding hydrogens is 282 g/mol. The average molecular weight is 303 g/mol. The van der Waals surface area contributed by atoms with Gasteiger partial charge in [-0.05, 0) is 49.8 Å². The van der Waals surface area contributed by atoms with Crippen molar-refractivity contribution < 1.29 is 9.21 Å². The van der Waals surface area contributed by atoms with E-state index in [4.69, 9.17) is 4.42 Å². The van der Waals surface area contributed by atoms with E-state index in [2.05, 4.69) is 6.26 Å². The highest BCUT2D eigenvalue weighted by Crippen LogP contribution is 2.26. The molecule has 1 aliphatic heterocycles. The Morgan fingerprint density at radius 3 is 3.14 bits per heavy atom. The van der Waals surface area contributed by atoms with Gasteiger partial charge >= 0.3 is 0 Å². The number of piperidine rings is 1. The molecule has 3 nitrogen and oxygen atoms in total. The number of thioether (sulfide) groups is 1. The lowest BCUT2D eigenvalue weighted by atomic mass is 9.99. The van der Waals surface area contributed by atoms with Crippen LogP contribution in [0.25, 0.3) is 11.0 Å². The Hall–Kier alpha value is -1.42. The molecule has 1 fully saturated rings. The maximum atomic E-state index is 12.8. The Labute approximate surface area is 129 Å². The minimum absolute atomic E-state index is 0.112. The fourth-order valence-electron chi connectivity index (χ4n) is 3.15. The van der Waals surface area contributed by atoms with Crippen LogP contribution < -0.4 is 0 Å². The number of rotatable bonds is 3. The molecule has 0 N–H and O–H groups in total. The Balaban J connectivity index is 1.86. The van der Waals surface area contributed by atoms with Gasteiger partial charge in [0, 0.05) is 18.5 Å². The molecule has 2 aromatic rings. The van der Waals surface area contributed by atoms with E-state index in [0.29, 0.717) is 11.5 Å². The van der Waals surface area contributed by atoms with Crippen molar-refractivity contribution >= 4 is 28.6 Å². The molecule has 1 aromatic heterocycles. The Kier molecular flexibility index (Phi) is 4.24. The number of likely N-dealkylation sites (tertiary alicyclic amines) is 1. The highest BCUT2D eigenvalue weighted by molar-refractivity contribution is 7.98. The predicted molar refractivity (Wildman–Crippen MR) is 88.0 cm³/mol. The number of aryl methyl sites for hydroxylation is 1. The summed E-state index contributed by atoms with van der Waals surface area (Å²) < 4.78 is 5.73. The Bertz CT molecular complexity index is 647. The van der Waals surface area contributed by atoms with Crippen molar-refractivity contribution in [2.45, 2.75) is 19.8 Å². The molecule has 1 atom stereocenters. The first-order valence-corrected chi connectivity index (χ1v) is 8.86. The summed E-state index contributed by atoms with van der Waals surface area (Å²) in [6.07, 6.45) is 4.46. The Morgan fingerprint density at radius 1 is 1.48 bits per heavy atom.